The van der Waals surface area contributed by atoms with Crippen LogP contribution >= 0.6 is 23.1 Å². The topological polar surface area (TPSA) is 120 Å². The Bertz CT molecular complexity index is 1020. The first-order chi connectivity index (χ1) is 15.8. The molecule has 1 aromatic carbocycles. The van der Waals surface area contributed by atoms with Gasteiger partial charge in [-0.05, 0) is 38.5 Å². The normalized spacial score (nSPS) is 10.3. The van der Waals surface area contributed by atoms with Crippen molar-refractivity contribution in [1.29, 1.82) is 0 Å². The fourth-order valence-corrected chi connectivity index (χ4v) is 4.50. The predicted molar refractivity (Wildman–Crippen MR) is 129 cm³/mol. The maximum absolute atomic E-state index is 12.5. The highest BCUT2D eigenvalue weighted by Gasteiger charge is 2.27. The van der Waals surface area contributed by atoms with Gasteiger partial charge in [-0.1, -0.05) is 12.1 Å². The Balaban J connectivity index is 2.01. The number of anilines is 2. The minimum atomic E-state index is -0.638. The summed E-state index contributed by atoms with van der Waals surface area (Å²) in [6, 6.07) is 7.00. The number of para-hydroxylation sites is 2. The van der Waals surface area contributed by atoms with Crippen molar-refractivity contribution >= 4 is 57.5 Å². The average Bonchev–Trinajstić information content (AvgIpc) is 3.10. The monoisotopic (exact) mass is 494 g/mol. The molecule has 2 rings (SSSR count). The SMILES string of the molecule is CCOC(=O)c1sc(NC(=O)CSCC(=O)Nc2ccccc2OC)c(C(=O)OCC)c1C. The van der Waals surface area contributed by atoms with Gasteiger partial charge in [0.25, 0.3) is 0 Å². The lowest BCUT2D eigenvalue weighted by atomic mass is 10.1. The molecule has 33 heavy (non-hydrogen) atoms. The van der Waals surface area contributed by atoms with Crippen LogP contribution in [0.15, 0.2) is 24.3 Å². The molecule has 0 aliphatic carbocycles. The van der Waals surface area contributed by atoms with Gasteiger partial charge in [0.05, 0.1) is 43.1 Å². The number of carbonyl (C=O) groups excluding carboxylic acids is 4. The van der Waals surface area contributed by atoms with Crippen LogP contribution in [-0.4, -0.2) is 55.6 Å². The van der Waals surface area contributed by atoms with Crippen molar-refractivity contribution in [2.75, 3.05) is 42.5 Å². The maximum atomic E-state index is 12.5. The highest BCUT2D eigenvalue weighted by molar-refractivity contribution is 8.00. The lowest BCUT2D eigenvalue weighted by Crippen LogP contribution is -2.19. The number of amides is 2. The first-order valence-corrected chi connectivity index (χ1v) is 12.1. The second-order valence-electron chi connectivity index (χ2n) is 6.49. The van der Waals surface area contributed by atoms with Crippen LogP contribution in [0.5, 0.6) is 5.75 Å². The number of thiophene rings is 1. The van der Waals surface area contributed by atoms with Crippen LogP contribution in [0, 0.1) is 6.92 Å². The van der Waals surface area contributed by atoms with E-state index in [2.05, 4.69) is 10.6 Å². The van der Waals surface area contributed by atoms with Gasteiger partial charge in [0.1, 0.15) is 15.6 Å². The van der Waals surface area contributed by atoms with Crippen molar-refractivity contribution in [3.05, 3.63) is 40.3 Å². The van der Waals surface area contributed by atoms with E-state index in [-0.39, 0.29) is 46.1 Å². The third kappa shape index (κ3) is 7.22. The summed E-state index contributed by atoms with van der Waals surface area (Å²) in [6.07, 6.45) is 0. The van der Waals surface area contributed by atoms with Crippen LogP contribution in [0.25, 0.3) is 0 Å². The van der Waals surface area contributed by atoms with Gasteiger partial charge in [-0.3, -0.25) is 9.59 Å². The van der Waals surface area contributed by atoms with E-state index < -0.39 is 17.8 Å². The van der Waals surface area contributed by atoms with Crippen molar-refractivity contribution in [3.8, 4) is 5.75 Å². The molecule has 1 aromatic heterocycles. The molecule has 0 aliphatic rings. The quantitative estimate of drug-likeness (QED) is 0.454. The van der Waals surface area contributed by atoms with Gasteiger partial charge in [0.15, 0.2) is 0 Å². The van der Waals surface area contributed by atoms with E-state index in [0.29, 0.717) is 17.0 Å². The second-order valence-corrected chi connectivity index (χ2v) is 8.50. The molecule has 0 atom stereocenters. The molecule has 178 valence electrons. The highest BCUT2D eigenvalue weighted by Crippen LogP contribution is 2.34. The van der Waals surface area contributed by atoms with E-state index in [1.165, 1.54) is 7.11 Å². The highest BCUT2D eigenvalue weighted by atomic mass is 32.2. The van der Waals surface area contributed by atoms with Crippen LogP contribution in [0.4, 0.5) is 10.7 Å². The number of methoxy groups -OCH3 is 1. The predicted octanol–water partition coefficient (Wildman–Crippen LogP) is 3.73. The first kappa shape index (κ1) is 26.2. The van der Waals surface area contributed by atoms with Crippen LogP contribution < -0.4 is 15.4 Å². The molecule has 1 heterocycles. The number of hydrogen-bond acceptors (Lipinski definition) is 9. The zero-order valence-corrected chi connectivity index (χ0v) is 20.4. The summed E-state index contributed by atoms with van der Waals surface area (Å²) in [5, 5.41) is 5.59. The summed E-state index contributed by atoms with van der Waals surface area (Å²) in [6.45, 7) is 5.27. The average molecular weight is 495 g/mol. The Kier molecular flexibility index (Phi) is 10.2. The number of nitrogens with one attached hydrogen (secondary N) is 2. The van der Waals surface area contributed by atoms with E-state index in [4.69, 9.17) is 14.2 Å². The van der Waals surface area contributed by atoms with E-state index in [0.717, 1.165) is 23.1 Å². The maximum Gasteiger partial charge on any atom is 0.348 e. The fraction of sp³-hybridized carbons (Fsp3) is 0.364. The van der Waals surface area contributed by atoms with Gasteiger partial charge >= 0.3 is 11.9 Å². The minimum Gasteiger partial charge on any atom is -0.495 e. The molecule has 0 aliphatic heterocycles. The van der Waals surface area contributed by atoms with E-state index in [1.807, 2.05) is 0 Å². The molecule has 0 bridgehead atoms. The lowest BCUT2D eigenvalue weighted by Gasteiger charge is -2.10. The second kappa shape index (κ2) is 12.9. The summed E-state index contributed by atoms with van der Waals surface area (Å²) in [7, 11) is 1.51. The number of rotatable bonds is 11. The van der Waals surface area contributed by atoms with Crippen LogP contribution in [0.2, 0.25) is 0 Å². The number of benzene rings is 1. The molecule has 0 fully saturated rings. The molecule has 0 unspecified atom stereocenters. The summed E-state index contributed by atoms with van der Waals surface area (Å²) < 4.78 is 15.3. The van der Waals surface area contributed by atoms with Crippen molar-refractivity contribution in [1.82, 2.24) is 0 Å². The summed E-state index contributed by atoms with van der Waals surface area (Å²) in [5.74, 6) is -1.39. The largest absolute Gasteiger partial charge is 0.495 e. The van der Waals surface area contributed by atoms with E-state index >= 15 is 0 Å². The van der Waals surface area contributed by atoms with Crippen molar-refractivity contribution < 1.29 is 33.4 Å². The standard InChI is InChI=1S/C22H26N2O7S2/c1-5-30-21(27)18-13(3)19(22(28)31-6-2)33-20(18)24-17(26)12-32-11-16(25)23-14-9-7-8-10-15(14)29-4/h7-10H,5-6,11-12H2,1-4H3,(H,23,25)(H,24,26). The van der Waals surface area contributed by atoms with Gasteiger partial charge in [0.2, 0.25) is 11.8 Å². The van der Waals surface area contributed by atoms with Crippen LogP contribution in [0.1, 0.15) is 39.4 Å². The van der Waals surface area contributed by atoms with Crippen molar-refractivity contribution in [2.45, 2.75) is 20.8 Å². The van der Waals surface area contributed by atoms with E-state index in [9.17, 15) is 19.2 Å². The summed E-state index contributed by atoms with van der Waals surface area (Å²) in [4.78, 5) is 49.5. The van der Waals surface area contributed by atoms with Gasteiger partial charge < -0.3 is 24.8 Å². The van der Waals surface area contributed by atoms with Gasteiger partial charge in [-0.2, -0.15) is 0 Å². The number of thioether (sulfide) groups is 1. The smallest absolute Gasteiger partial charge is 0.348 e. The molecule has 9 nitrogen and oxygen atoms in total. The molecule has 0 saturated heterocycles. The molecule has 0 spiro atoms. The molecular weight excluding hydrogens is 468 g/mol. The zero-order chi connectivity index (χ0) is 24.4. The van der Waals surface area contributed by atoms with Crippen LogP contribution in [0.3, 0.4) is 0 Å². The molecule has 11 heteroatoms. The number of carbonyl (C=O) groups is 4. The number of hydrogen-bond donors (Lipinski definition) is 2. The van der Waals surface area contributed by atoms with Crippen LogP contribution in [-0.2, 0) is 19.1 Å². The minimum absolute atomic E-state index is 0.0344. The number of esters is 2. The Hall–Kier alpha value is -3.05. The van der Waals surface area contributed by atoms with Gasteiger partial charge in [-0.25, -0.2) is 9.59 Å². The molecule has 2 aromatic rings. The molecule has 0 radical (unpaired) electrons. The van der Waals surface area contributed by atoms with Gasteiger partial charge in [-0.15, -0.1) is 23.1 Å². The third-order valence-corrected chi connectivity index (χ3v) is 6.31. The Morgan fingerprint density at radius 3 is 2.18 bits per heavy atom. The Labute approximate surface area is 200 Å². The van der Waals surface area contributed by atoms with Gasteiger partial charge in [0, 0.05) is 0 Å². The van der Waals surface area contributed by atoms with Crippen molar-refractivity contribution in [3.63, 3.8) is 0 Å². The Morgan fingerprint density at radius 2 is 1.55 bits per heavy atom. The molecule has 2 amide bonds. The van der Waals surface area contributed by atoms with E-state index in [1.54, 1.807) is 45.0 Å². The summed E-state index contributed by atoms with van der Waals surface area (Å²) >= 11 is 2.06. The molecular formula is C22H26N2O7S2. The zero-order valence-electron chi connectivity index (χ0n) is 18.8. The number of ether oxygens (including phenoxy) is 3. The van der Waals surface area contributed by atoms with Crippen molar-refractivity contribution in [2.24, 2.45) is 0 Å². The fourth-order valence-electron chi connectivity index (χ4n) is 2.78. The molecule has 0 saturated carbocycles. The molecule has 2 N–H and O–H groups in total. The first-order valence-electron chi connectivity index (χ1n) is 10.1. The third-order valence-electron chi connectivity index (χ3n) is 4.19. The Morgan fingerprint density at radius 1 is 0.939 bits per heavy atom. The lowest BCUT2D eigenvalue weighted by molar-refractivity contribution is -0.114. The summed E-state index contributed by atoms with van der Waals surface area (Å²) in [5.41, 5.74) is 1.04.